The predicted octanol–water partition coefficient (Wildman–Crippen LogP) is 4.25. The standard InChI is InChI=1S/C20H23BrN2O3S/c1-14-6-10-17(11-7-14)27(25,26)23-12-4-3-5-19(23)20(24)22-16-9-8-15(2)18(21)13-16/h6-11,13,19H,3-5,12H2,1-2H3,(H,22,24)/t19-/m1/s1. The number of nitrogens with zero attached hydrogens (tertiary/aromatic N) is 1. The van der Waals surface area contributed by atoms with Crippen LogP contribution < -0.4 is 5.32 Å². The van der Waals surface area contributed by atoms with Crippen LogP contribution in [0.25, 0.3) is 0 Å². The molecular weight excluding hydrogens is 428 g/mol. The summed E-state index contributed by atoms with van der Waals surface area (Å²) in [5.41, 5.74) is 2.71. The van der Waals surface area contributed by atoms with Crippen molar-refractivity contribution >= 4 is 37.5 Å². The van der Waals surface area contributed by atoms with Crippen LogP contribution in [-0.4, -0.2) is 31.2 Å². The van der Waals surface area contributed by atoms with Gasteiger partial charge < -0.3 is 5.32 Å². The predicted molar refractivity (Wildman–Crippen MR) is 110 cm³/mol. The summed E-state index contributed by atoms with van der Waals surface area (Å²) >= 11 is 3.45. The number of carbonyl (C=O) groups excluding carboxylic acids is 1. The van der Waals surface area contributed by atoms with E-state index >= 15 is 0 Å². The van der Waals surface area contributed by atoms with Crippen molar-refractivity contribution in [2.24, 2.45) is 0 Å². The zero-order chi connectivity index (χ0) is 19.6. The summed E-state index contributed by atoms with van der Waals surface area (Å²) in [5.74, 6) is -0.291. The molecule has 3 rings (SSSR count). The minimum atomic E-state index is -3.72. The molecule has 1 aliphatic rings. The third-order valence-corrected chi connectivity index (χ3v) is 7.60. The summed E-state index contributed by atoms with van der Waals surface area (Å²) in [6.07, 6.45) is 2.10. The van der Waals surface area contributed by atoms with E-state index in [0.29, 0.717) is 18.7 Å². The first-order chi connectivity index (χ1) is 12.8. The molecule has 1 atom stereocenters. The van der Waals surface area contributed by atoms with E-state index in [-0.39, 0.29) is 10.8 Å². The highest BCUT2D eigenvalue weighted by Gasteiger charge is 2.37. The molecule has 0 radical (unpaired) electrons. The maximum atomic E-state index is 13.1. The van der Waals surface area contributed by atoms with Crippen LogP contribution in [0, 0.1) is 13.8 Å². The van der Waals surface area contributed by atoms with Gasteiger partial charge in [-0.15, -0.1) is 0 Å². The smallest absolute Gasteiger partial charge is 0.243 e. The second kappa shape index (κ2) is 8.12. The molecule has 1 aliphatic heterocycles. The number of hydrogen-bond acceptors (Lipinski definition) is 3. The molecule has 0 aromatic heterocycles. The molecule has 2 aromatic rings. The van der Waals surface area contributed by atoms with Crippen molar-refractivity contribution in [3.63, 3.8) is 0 Å². The van der Waals surface area contributed by atoms with Crippen molar-refractivity contribution in [2.75, 3.05) is 11.9 Å². The molecule has 2 aromatic carbocycles. The average Bonchev–Trinajstić information content (AvgIpc) is 2.65. The number of nitrogens with one attached hydrogen (secondary N) is 1. The van der Waals surface area contributed by atoms with Crippen LogP contribution in [0.15, 0.2) is 51.8 Å². The Balaban J connectivity index is 1.85. The van der Waals surface area contributed by atoms with E-state index in [1.807, 2.05) is 32.0 Å². The van der Waals surface area contributed by atoms with E-state index in [1.54, 1.807) is 24.3 Å². The van der Waals surface area contributed by atoms with Crippen molar-refractivity contribution < 1.29 is 13.2 Å². The molecule has 1 N–H and O–H groups in total. The number of halogens is 1. The van der Waals surface area contributed by atoms with Crippen LogP contribution in [0.5, 0.6) is 0 Å². The first-order valence-electron chi connectivity index (χ1n) is 8.94. The summed E-state index contributed by atoms with van der Waals surface area (Å²) < 4.78 is 28.4. The molecule has 0 aliphatic carbocycles. The Hall–Kier alpha value is -1.70. The van der Waals surface area contributed by atoms with Gasteiger partial charge in [0.25, 0.3) is 0 Å². The minimum Gasteiger partial charge on any atom is -0.325 e. The van der Waals surface area contributed by atoms with Crippen molar-refractivity contribution in [1.82, 2.24) is 4.31 Å². The maximum Gasteiger partial charge on any atom is 0.243 e. The van der Waals surface area contributed by atoms with Crippen LogP contribution in [0.1, 0.15) is 30.4 Å². The van der Waals surface area contributed by atoms with Crippen LogP contribution in [0.3, 0.4) is 0 Å². The molecule has 0 spiro atoms. The second-order valence-electron chi connectivity index (χ2n) is 6.89. The fourth-order valence-corrected chi connectivity index (χ4v) is 5.23. The summed E-state index contributed by atoms with van der Waals surface area (Å²) in [4.78, 5) is 13.1. The van der Waals surface area contributed by atoms with Gasteiger partial charge in [0.15, 0.2) is 0 Å². The van der Waals surface area contributed by atoms with Gasteiger partial charge in [0.1, 0.15) is 6.04 Å². The highest BCUT2D eigenvalue weighted by Crippen LogP contribution is 2.27. The minimum absolute atomic E-state index is 0.228. The maximum absolute atomic E-state index is 13.1. The van der Waals surface area contributed by atoms with Gasteiger partial charge in [0, 0.05) is 16.7 Å². The van der Waals surface area contributed by atoms with Crippen molar-refractivity contribution in [1.29, 1.82) is 0 Å². The fourth-order valence-electron chi connectivity index (χ4n) is 3.20. The van der Waals surface area contributed by atoms with Gasteiger partial charge in [-0.1, -0.05) is 46.1 Å². The van der Waals surface area contributed by atoms with E-state index in [4.69, 9.17) is 0 Å². The Morgan fingerprint density at radius 1 is 1.11 bits per heavy atom. The molecule has 7 heteroatoms. The summed E-state index contributed by atoms with van der Waals surface area (Å²) in [6.45, 7) is 4.23. The number of aryl methyl sites for hydroxylation is 2. The average molecular weight is 451 g/mol. The number of piperidine rings is 1. The molecule has 1 amide bonds. The normalized spacial score (nSPS) is 18.3. The SMILES string of the molecule is Cc1ccc(S(=O)(=O)N2CCCC[C@@H]2C(=O)Nc2ccc(C)c(Br)c2)cc1. The van der Waals surface area contributed by atoms with Gasteiger partial charge in [0.2, 0.25) is 15.9 Å². The molecule has 1 saturated heterocycles. The van der Waals surface area contributed by atoms with Gasteiger partial charge in [-0.05, 0) is 56.5 Å². The zero-order valence-corrected chi connectivity index (χ0v) is 17.8. The summed E-state index contributed by atoms with van der Waals surface area (Å²) in [7, 11) is -3.72. The largest absolute Gasteiger partial charge is 0.325 e. The number of benzene rings is 2. The summed E-state index contributed by atoms with van der Waals surface area (Å²) in [5, 5.41) is 2.87. The molecule has 0 saturated carbocycles. The van der Waals surface area contributed by atoms with E-state index in [9.17, 15) is 13.2 Å². The van der Waals surface area contributed by atoms with Crippen LogP contribution in [-0.2, 0) is 14.8 Å². The highest BCUT2D eigenvalue weighted by molar-refractivity contribution is 9.10. The molecule has 0 bridgehead atoms. The van der Waals surface area contributed by atoms with Crippen LogP contribution in [0.2, 0.25) is 0 Å². The molecule has 144 valence electrons. The molecule has 0 unspecified atom stereocenters. The van der Waals surface area contributed by atoms with Gasteiger partial charge >= 0.3 is 0 Å². The monoisotopic (exact) mass is 450 g/mol. The molecule has 1 fully saturated rings. The third kappa shape index (κ3) is 4.42. The first-order valence-corrected chi connectivity index (χ1v) is 11.2. The highest BCUT2D eigenvalue weighted by atomic mass is 79.9. The number of carbonyl (C=O) groups is 1. The Labute approximate surface area is 169 Å². The Bertz CT molecular complexity index is 942. The van der Waals surface area contributed by atoms with E-state index < -0.39 is 16.1 Å². The topological polar surface area (TPSA) is 66.5 Å². The van der Waals surface area contributed by atoms with Gasteiger partial charge in [0.05, 0.1) is 4.90 Å². The lowest BCUT2D eigenvalue weighted by atomic mass is 10.0. The number of sulfonamides is 1. The van der Waals surface area contributed by atoms with Crippen molar-refractivity contribution in [3.8, 4) is 0 Å². The van der Waals surface area contributed by atoms with Gasteiger partial charge in [-0.2, -0.15) is 4.31 Å². The quantitative estimate of drug-likeness (QED) is 0.756. The van der Waals surface area contributed by atoms with E-state index in [1.165, 1.54) is 4.31 Å². The number of hydrogen-bond donors (Lipinski definition) is 1. The molecule has 5 nitrogen and oxygen atoms in total. The van der Waals surface area contributed by atoms with E-state index in [0.717, 1.165) is 28.4 Å². The first kappa shape index (κ1) is 20.0. The molecule has 1 heterocycles. The molecule has 27 heavy (non-hydrogen) atoms. The van der Waals surface area contributed by atoms with Gasteiger partial charge in [-0.3, -0.25) is 4.79 Å². The number of anilines is 1. The van der Waals surface area contributed by atoms with Crippen LogP contribution in [0.4, 0.5) is 5.69 Å². The lowest BCUT2D eigenvalue weighted by molar-refractivity contribution is -0.120. The van der Waals surface area contributed by atoms with Gasteiger partial charge in [-0.25, -0.2) is 8.42 Å². The Morgan fingerprint density at radius 2 is 1.81 bits per heavy atom. The fraction of sp³-hybridized carbons (Fsp3) is 0.350. The van der Waals surface area contributed by atoms with Crippen molar-refractivity contribution in [3.05, 3.63) is 58.1 Å². The molecular formula is C20H23BrN2O3S. The zero-order valence-electron chi connectivity index (χ0n) is 15.4. The number of rotatable bonds is 4. The lowest BCUT2D eigenvalue weighted by Crippen LogP contribution is -2.49. The Kier molecular flexibility index (Phi) is 6.03. The summed E-state index contributed by atoms with van der Waals surface area (Å²) in [6, 6.07) is 11.6. The lowest BCUT2D eigenvalue weighted by Gasteiger charge is -2.33. The number of amides is 1. The Morgan fingerprint density at radius 3 is 2.48 bits per heavy atom. The van der Waals surface area contributed by atoms with Crippen LogP contribution >= 0.6 is 15.9 Å². The van der Waals surface area contributed by atoms with E-state index in [2.05, 4.69) is 21.2 Å². The third-order valence-electron chi connectivity index (χ3n) is 4.82. The second-order valence-corrected chi connectivity index (χ2v) is 9.64. The van der Waals surface area contributed by atoms with Crippen molar-refractivity contribution in [2.45, 2.75) is 44.0 Å².